The Balaban J connectivity index is 1.50. The summed E-state index contributed by atoms with van der Waals surface area (Å²) in [7, 11) is -4.28. The molecule has 1 N–H and O–H groups in total. The van der Waals surface area contributed by atoms with Gasteiger partial charge in [-0.25, -0.2) is 27.2 Å². The number of nitrogens with zero attached hydrogens (tertiary/aromatic N) is 4. The molecule has 1 aliphatic rings. The van der Waals surface area contributed by atoms with Crippen LogP contribution in [0.25, 0.3) is 11.3 Å². The Morgan fingerprint density at radius 1 is 1.14 bits per heavy atom. The third-order valence-electron chi connectivity index (χ3n) is 5.61. The maximum atomic E-state index is 14.2. The predicted molar refractivity (Wildman–Crippen MR) is 120 cm³/mol. The van der Waals surface area contributed by atoms with Crippen LogP contribution in [0.3, 0.4) is 0 Å². The molecule has 1 fully saturated rings. The zero-order valence-electron chi connectivity index (χ0n) is 19.2. The molecule has 1 aromatic carbocycles. The van der Waals surface area contributed by atoms with E-state index in [1.54, 1.807) is 6.92 Å². The topological polar surface area (TPSA) is 105 Å². The molecule has 4 rings (SSSR count). The van der Waals surface area contributed by atoms with Crippen molar-refractivity contribution in [1.82, 2.24) is 24.6 Å². The number of halogens is 5. The lowest BCUT2D eigenvalue weighted by Gasteiger charge is -2.23. The Bertz CT molecular complexity index is 1400. The Morgan fingerprint density at radius 3 is 2.46 bits per heavy atom. The second kappa shape index (κ2) is 10.1. The monoisotopic (exact) mass is 541 g/mol. The summed E-state index contributed by atoms with van der Waals surface area (Å²) in [6, 6.07) is 6.09. The summed E-state index contributed by atoms with van der Waals surface area (Å²) in [6.45, 7) is 0.838. The first-order valence-corrected chi connectivity index (χ1v) is 12.4. The van der Waals surface area contributed by atoms with Crippen LogP contribution in [-0.2, 0) is 27.5 Å². The van der Waals surface area contributed by atoms with Crippen molar-refractivity contribution < 1.29 is 35.2 Å². The molecule has 1 amide bonds. The molecule has 2 atom stereocenters. The van der Waals surface area contributed by atoms with Crippen molar-refractivity contribution in [2.75, 3.05) is 6.54 Å². The summed E-state index contributed by atoms with van der Waals surface area (Å²) in [4.78, 5) is 24.4. The Hall–Kier alpha value is -3.52. The van der Waals surface area contributed by atoms with Gasteiger partial charge in [0.2, 0.25) is 15.9 Å². The van der Waals surface area contributed by atoms with E-state index in [0.717, 1.165) is 40.8 Å². The smallest absolute Gasteiger partial charge is 0.349 e. The second-order valence-electron chi connectivity index (χ2n) is 8.32. The van der Waals surface area contributed by atoms with Crippen molar-refractivity contribution >= 4 is 15.9 Å². The lowest BCUT2D eigenvalue weighted by Crippen LogP contribution is -2.45. The number of hydrogen-bond donors (Lipinski definition) is 1. The molecule has 196 valence electrons. The number of benzene rings is 1. The van der Waals surface area contributed by atoms with Gasteiger partial charge in [-0.15, -0.1) is 0 Å². The maximum Gasteiger partial charge on any atom is 0.433 e. The zero-order valence-corrected chi connectivity index (χ0v) is 20.0. The van der Waals surface area contributed by atoms with Crippen LogP contribution in [-0.4, -0.2) is 52.3 Å². The first-order chi connectivity index (χ1) is 17.3. The second-order valence-corrected chi connectivity index (χ2v) is 10.2. The SMILES string of the molecule is Cc1nc(CNC(=O)[C@@H]2C[C@@H](F)CN2S(=O)(=O)c2ccc(F)cc2)cc(-c2ccc(C(F)(F)F)nc2)n1. The molecule has 1 saturated heterocycles. The maximum absolute atomic E-state index is 14.2. The van der Waals surface area contributed by atoms with Gasteiger partial charge in [0.1, 0.15) is 29.5 Å². The Labute approximate surface area is 208 Å². The van der Waals surface area contributed by atoms with E-state index in [9.17, 15) is 35.2 Å². The fourth-order valence-electron chi connectivity index (χ4n) is 3.88. The molecular weight excluding hydrogens is 521 g/mol. The van der Waals surface area contributed by atoms with Gasteiger partial charge in [0.05, 0.1) is 22.8 Å². The van der Waals surface area contributed by atoms with E-state index in [4.69, 9.17) is 0 Å². The predicted octanol–water partition coefficient (Wildman–Crippen LogP) is 3.42. The van der Waals surface area contributed by atoms with Gasteiger partial charge in [0, 0.05) is 24.7 Å². The number of aromatic nitrogens is 3. The fraction of sp³-hybridized carbons (Fsp3) is 0.304. The van der Waals surface area contributed by atoms with Crippen molar-refractivity contribution in [3.05, 3.63) is 71.7 Å². The molecular formula is C23H20F5N5O3S. The van der Waals surface area contributed by atoms with Gasteiger partial charge in [-0.2, -0.15) is 17.5 Å². The summed E-state index contributed by atoms with van der Waals surface area (Å²) in [5.74, 6) is -1.14. The number of amides is 1. The average Bonchev–Trinajstić information content (AvgIpc) is 3.25. The van der Waals surface area contributed by atoms with E-state index >= 15 is 0 Å². The van der Waals surface area contributed by atoms with Crippen LogP contribution in [0.15, 0.2) is 53.6 Å². The normalized spacial score (nSPS) is 18.6. The number of carbonyl (C=O) groups is 1. The molecule has 37 heavy (non-hydrogen) atoms. The van der Waals surface area contributed by atoms with Crippen LogP contribution in [0, 0.1) is 12.7 Å². The molecule has 3 heterocycles. The van der Waals surface area contributed by atoms with Crippen LogP contribution in [0.4, 0.5) is 22.0 Å². The van der Waals surface area contributed by atoms with Gasteiger partial charge in [-0.1, -0.05) is 0 Å². The summed E-state index contributed by atoms with van der Waals surface area (Å²) in [5.41, 5.74) is -0.210. The number of rotatable bonds is 6. The van der Waals surface area contributed by atoms with Gasteiger partial charge >= 0.3 is 6.18 Å². The largest absolute Gasteiger partial charge is 0.433 e. The minimum absolute atomic E-state index is 0.179. The van der Waals surface area contributed by atoms with Gasteiger partial charge in [0.25, 0.3) is 0 Å². The van der Waals surface area contributed by atoms with Crippen molar-refractivity contribution in [2.45, 2.75) is 43.2 Å². The van der Waals surface area contributed by atoms with E-state index in [1.165, 1.54) is 12.1 Å². The minimum Gasteiger partial charge on any atom is -0.349 e. The average molecular weight is 542 g/mol. The van der Waals surface area contributed by atoms with Crippen LogP contribution >= 0.6 is 0 Å². The van der Waals surface area contributed by atoms with Gasteiger partial charge in [-0.3, -0.25) is 9.78 Å². The minimum atomic E-state index is -4.59. The van der Waals surface area contributed by atoms with E-state index in [2.05, 4.69) is 20.3 Å². The molecule has 0 spiro atoms. The lowest BCUT2D eigenvalue weighted by atomic mass is 10.1. The van der Waals surface area contributed by atoms with E-state index in [-0.39, 0.29) is 29.4 Å². The molecule has 1 aliphatic heterocycles. The standard InChI is InChI=1S/C23H20F5N5O3S/c1-13-31-17(9-19(32-13)14-2-7-21(29-10-14)23(26,27)28)11-30-22(34)20-8-16(25)12-33(20)37(35,36)18-5-3-15(24)4-6-18/h2-7,9-10,16,20H,8,11-12H2,1H3,(H,30,34)/t16-,20+/m1/s1. The van der Waals surface area contributed by atoms with Crippen molar-refractivity contribution in [3.63, 3.8) is 0 Å². The highest BCUT2D eigenvalue weighted by atomic mass is 32.2. The Morgan fingerprint density at radius 2 is 1.84 bits per heavy atom. The lowest BCUT2D eigenvalue weighted by molar-refractivity contribution is -0.141. The van der Waals surface area contributed by atoms with Gasteiger partial charge < -0.3 is 5.32 Å². The molecule has 0 saturated carbocycles. The number of aryl methyl sites for hydroxylation is 1. The molecule has 0 aliphatic carbocycles. The molecule has 0 unspecified atom stereocenters. The zero-order chi connectivity index (χ0) is 27.0. The van der Waals surface area contributed by atoms with Crippen LogP contribution in [0.2, 0.25) is 0 Å². The number of carbonyl (C=O) groups excluding carboxylic acids is 1. The number of nitrogens with one attached hydrogen (secondary N) is 1. The summed E-state index contributed by atoms with van der Waals surface area (Å²) < 4.78 is 92.5. The number of pyridine rings is 1. The fourth-order valence-corrected chi connectivity index (χ4v) is 5.50. The quantitative estimate of drug-likeness (QED) is 0.480. The van der Waals surface area contributed by atoms with Gasteiger partial charge in [-0.05, 0) is 49.4 Å². The van der Waals surface area contributed by atoms with Crippen LogP contribution < -0.4 is 5.32 Å². The van der Waals surface area contributed by atoms with Crippen LogP contribution in [0.5, 0.6) is 0 Å². The molecule has 2 aromatic heterocycles. The Kier molecular flexibility index (Phi) is 7.24. The number of alkyl halides is 4. The number of sulfonamides is 1. The summed E-state index contributed by atoms with van der Waals surface area (Å²) >= 11 is 0. The third-order valence-corrected chi connectivity index (χ3v) is 7.50. The third kappa shape index (κ3) is 5.91. The first kappa shape index (κ1) is 26.5. The van der Waals surface area contributed by atoms with Crippen molar-refractivity contribution in [3.8, 4) is 11.3 Å². The summed E-state index contributed by atoms with van der Waals surface area (Å²) in [6.07, 6.45) is -5.51. The molecule has 8 nitrogen and oxygen atoms in total. The highest BCUT2D eigenvalue weighted by Gasteiger charge is 2.44. The molecule has 0 radical (unpaired) electrons. The highest BCUT2D eigenvalue weighted by molar-refractivity contribution is 7.89. The summed E-state index contributed by atoms with van der Waals surface area (Å²) in [5, 5.41) is 2.53. The van der Waals surface area contributed by atoms with Crippen LogP contribution in [0.1, 0.15) is 23.6 Å². The highest BCUT2D eigenvalue weighted by Crippen LogP contribution is 2.30. The van der Waals surface area contributed by atoms with Gasteiger partial charge in [0.15, 0.2) is 0 Å². The first-order valence-electron chi connectivity index (χ1n) is 10.9. The van der Waals surface area contributed by atoms with E-state index in [0.29, 0.717) is 11.3 Å². The van der Waals surface area contributed by atoms with E-state index in [1.807, 2.05) is 0 Å². The number of hydrogen-bond acceptors (Lipinski definition) is 6. The molecule has 3 aromatic rings. The molecule has 14 heteroatoms. The van der Waals surface area contributed by atoms with Crippen molar-refractivity contribution in [2.24, 2.45) is 0 Å². The molecule has 0 bridgehead atoms. The van der Waals surface area contributed by atoms with Crippen molar-refractivity contribution in [1.29, 1.82) is 0 Å². The van der Waals surface area contributed by atoms with E-state index < -0.39 is 52.4 Å².